The number of hydrogen-bond donors (Lipinski definition) is 1. The van der Waals surface area contributed by atoms with Crippen molar-refractivity contribution < 1.29 is 9.84 Å². The fraction of sp³-hybridized carbons (Fsp3) is 1.00. The molecule has 92 valence electrons. The van der Waals surface area contributed by atoms with E-state index in [1.165, 1.54) is 25.7 Å². The topological polar surface area (TPSA) is 29.5 Å². The maximum Gasteiger partial charge on any atom is 0.0671 e. The summed E-state index contributed by atoms with van der Waals surface area (Å²) in [7, 11) is 0. The lowest BCUT2D eigenvalue weighted by Gasteiger charge is -2.14. The monoisotopic (exact) mass is 280 g/mol. The van der Waals surface area contributed by atoms with Gasteiger partial charge in [-0.3, -0.25) is 0 Å². The van der Waals surface area contributed by atoms with Gasteiger partial charge in [0.05, 0.1) is 6.10 Å². The fourth-order valence-electron chi connectivity index (χ4n) is 1.47. The first-order valence-corrected chi connectivity index (χ1v) is 7.25. The maximum atomic E-state index is 8.62. The number of hydrogen-bond acceptors (Lipinski definition) is 2. The molecule has 0 saturated carbocycles. The number of halogens is 1. The highest BCUT2D eigenvalue weighted by atomic mass is 79.9. The predicted molar refractivity (Wildman–Crippen MR) is 68.6 cm³/mol. The van der Waals surface area contributed by atoms with Gasteiger partial charge in [-0.2, -0.15) is 0 Å². The molecule has 15 heavy (non-hydrogen) atoms. The Bertz CT molecular complexity index is 108. The molecule has 0 bridgehead atoms. The average molecular weight is 281 g/mol. The molecule has 0 aromatic rings. The third kappa shape index (κ3) is 10.7. The van der Waals surface area contributed by atoms with E-state index in [9.17, 15) is 0 Å². The minimum atomic E-state index is 0.277. The van der Waals surface area contributed by atoms with Crippen LogP contribution in [-0.2, 0) is 4.74 Å². The summed E-state index contributed by atoms with van der Waals surface area (Å²) in [5.74, 6) is 0. The normalized spacial score (nSPS) is 13.0. The van der Waals surface area contributed by atoms with Gasteiger partial charge < -0.3 is 9.84 Å². The first kappa shape index (κ1) is 15.4. The van der Waals surface area contributed by atoms with Gasteiger partial charge in [0.2, 0.25) is 0 Å². The largest absolute Gasteiger partial charge is 0.396 e. The van der Waals surface area contributed by atoms with Crippen molar-refractivity contribution in [1.82, 2.24) is 0 Å². The van der Waals surface area contributed by atoms with Crippen molar-refractivity contribution in [2.75, 3.05) is 18.5 Å². The van der Waals surface area contributed by atoms with Crippen LogP contribution in [0.25, 0.3) is 0 Å². The molecule has 1 unspecified atom stereocenters. The fourth-order valence-corrected chi connectivity index (χ4v) is 1.98. The number of rotatable bonds is 11. The van der Waals surface area contributed by atoms with Crippen molar-refractivity contribution in [2.45, 2.75) is 58.0 Å². The Balaban J connectivity index is 3.29. The van der Waals surface area contributed by atoms with E-state index in [1.54, 1.807) is 0 Å². The highest BCUT2D eigenvalue weighted by molar-refractivity contribution is 9.09. The lowest BCUT2D eigenvalue weighted by molar-refractivity contribution is 0.0576. The summed E-state index contributed by atoms with van der Waals surface area (Å²) < 4.78 is 5.72. The molecule has 2 nitrogen and oxygen atoms in total. The molecule has 0 aromatic carbocycles. The lowest BCUT2D eigenvalue weighted by Crippen LogP contribution is -2.15. The van der Waals surface area contributed by atoms with Gasteiger partial charge in [-0.25, -0.2) is 0 Å². The van der Waals surface area contributed by atoms with Crippen molar-refractivity contribution in [3.05, 3.63) is 0 Å². The molecule has 0 fully saturated rings. The van der Waals surface area contributed by atoms with Gasteiger partial charge in [-0.15, -0.1) is 0 Å². The summed E-state index contributed by atoms with van der Waals surface area (Å²) in [5.41, 5.74) is 0. The molecule has 0 saturated heterocycles. The molecule has 0 aromatic heterocycles. The Hall–Kier alpha value is 0.400. The van der Waals surface area contributed by atoms with Crippen molar-refractivity contribution >= 4 is 15.9 Å². The molecule has 1 N–H and O–H groups in total. The number of aliphatic hydroxyl groups excluding tert-OH is 1. The molecule has 0 radical (unpaired) electrons. The Labute approximate surface area is 103 Å². The van der Waals surface area contributed by atoms with E-state index < -0.39 is 0 Å². The Morgan fingerprint density at radius 3 is 2.53 bits per heavy atom. The van der Waals surface area contributed by atoms with Crippen LogP contribution in [0.15, 0.2) is 0 Å². The van der Waals surface area contributed by atoms with E-state index in [2.05, 4.69) is 22.9 Å². The Morgan fingerprint density at radius 1 is 1.13 bits per heavy atom. The first-order valence-electron chi connectivity index (χ1n) is 6.13. The van der Waals surface area contributed by atoms with E-state index in [0.29, 0.717) is 6.10 Å². The van der Waals surface area contributed by atoms with Gasteiger partial charge >= 0.3 is 0 Å². The van der Waals surface area contributed by atoms with Crippen molar-refractivity contribution in [2.24, 2.45) is 0 Å². The second kappa shape index (κ2) is 12.5. The number of ether oxygens (including phenoxy) is 1. The summed E-state index contributed by atoms with van der Waals surface area (Å²) in [4.78, 5) is 0. The minimum absolute atomic E-state index is 0.277. The molecular weight excluding hydrogens is 256 g/mol. The zero-order valence-electron chi connectivity index (χ0n) is 9.88. The number of alkyl halides is 1. The van der Waals surface area contributed by atoms with Crippen molar-refractivity contribution in [3.63, 3.8) is 0 Å². The quantitative estimate of drug-likeness (QED) is 0.464. The van der Waals surface area contributed by atoms with Crippen LogP contribution < -0.4 is 0 Å². The highest BCUT2D eigenvalue weighted by Gasteiger charge is 2.06. The molecule has 0 spiro atoms. The standard InChI is InChI=1S/C12H25BrO2/c1-2-3-4-5-8-12(11-13)15-10-7-6-9-14/h12,14H,2-11H2,1H3. The van der Waals surface area contributed by atoms with Gasteiger partial charge in [0.1, 0.15) is 0 Å². The lowest BCUT2D eigenvalue weighted by atomic mass is 10.1. The molecular formula is C12H25BrO2. The summed E-state index contributed by atoms with van der Waals surface area (Å²) in [6.07, 6.45) is 8.55. The van der Waals surface area contributed by atoms with Gasteiger partial charge in [0.25, 0.3) is 0 Å². The van der Waals surface area contributed by atoms with Crippen LogP contribution in [0.2, 0.25) is 0 Å². The zero-order chi connectivity index (χ0) is 11.4. The van der Waals surface area contributed by atoms with Crippen LogP contribution >= 0.6 is 15.9 Å². The summed E-state index contributed by atoms with van der Waals surface area (Å²) in [6.45, 7) is 3.29. The van der Waals surface area contributed by atoms with Crippen molar-refractivity contribution in [3.8, 4) is 0 Å². The van der Waals surface area contributed by atoms with Crippen LogP contribution in [0.5, 0.6) is 0 Å². The minimum Gasteiger partial charge on any atom is -0.396 e. The van der Waals surface area contributed by atoms with Crippen LogP contribution in [0, 0.1) is 0 Å². The second-order valence-corrected chi connectivity index (χ2v) is 4.57. The summed E-state index contributed by atoms with van der Waals surface area (Å²) in [6, 6.07) is 0. The molecule has 0 amide bonds. The SMILES string of the molecule is CCCCCCC(CBr)OCCCCO. The number of aliphatic hydroxyl groups is 1. The zero-order valence-corrected chi connectivity index (χ0v) is 11.5. The Kier molecular flexibility index (Phi) is 12.8. The smallest absolute Gasteiger partial charge is 0.0671 e. The molecule has 1 atom stereocenters. The summed E-state index contributed by atoms with van der Waals surface area (Å²) in [5, 5.41) is 9.55. The molecule has 0 heterocycles. The Morgan fingerprint density at radius 2 is 1.93 bits per heavy atom. The van der Waals surface area contributed by atoms with E-state index >= 15 is 0 Å². The summed E-state index contributed by atoms with van der Waals surface area (Å²) >= 11 is 3.48. The van der Waals surface area contributed by atoms with E-state index in [4.69, 9.17) is 9.84 Å². The molecule has 0 aliphatic heterocycles. The average Bonchev–Trinajstić information content (AvgIpc) is 2.27. The maximum absolute atomic E-state index is 8.62. The highest BCUT2D eigenvalue weighted by Crippen LogP contribution is 2.11. The predicted octanol–water partition coefficient (Wildman–Crippen LogP) is 3.51. The van der Waals surface area contributed by atoms with Crippen LogP contribution in [0.3, 0.4) is 0 Å². The molecule has 0 aliphatic carbocycles. The third-order valence-electron chi connectivity index (χ3n) is 2.46. The van der Waals surface area contributed by atoms with Crippen LogP contribution in [0.4, 0.5) is 0 Å². The van der Waals surface area contributed by atoms with Crippen LogP contribution in [0.1, 0.15) is 51.9 Å². The molecule has 0 rings (SSSR count). The van der Waals surface area contributed by atoms with E-state index in [0.717, 1.165) is 31.2 Å². The van der Waals surface area contributed by atoms with E-state index in [1.807, 2.05) is 0 Å². The van der Waals surface area contributed by atoms with Gasteiger partial charge in [-0.1, -0.05) is 48.5 Å². The van der Waals surface area contributed by atoms with Crippen molar-refractivity contribution in [1.29, 1.82) is 0 Å². The second-order valence-electron chi connectivity index (χ2n) is 3.93. The van der Waals surface area contributed by atoms with Gasteiger partial charge in [0, 0.05) is 18.5 Å². The molecule has 3 heteroatoms. The van der Waals surface area contributed by atoms with Gasteiger partial charge in [-0.05, 0) is 19.3 Å². The third-order valence-corrected chi connectivity index (χ3v) is 3.18. The van der Waals surface area contributed by atoms with E-state index in [-0.39, 0.29) is 6.61 Å². The van der Waals surface area contributed by atoms with Gasteiger partial charge in [0.15, 0.2) is 0 Å². The van der Waals surface area contributed by atoms with Crippen LogP contribution in [-0.4, -0.2) is 29.8 Å². The molecule has 0 aliphatic rings. The first-order chi connectivity index (χ1) is 7.35. The number of unbranched alkanes of at least 4 members (excludes halogenated alkanes) is 4.